The lowest BCUT2D eigenvalue weighted by atomic mass is 10.0. The second kappa shape index (κ2) is 6.15. The van der Waals surface area contributed by atoms with Crippen molar-refractivity contribution < 1.29 is 0 Å². The summed E-state index contributed by atoms with van der Waals surface area (Å²) in [5.74, 6) is 0. The minimum atomic E-state index is 0.179. The van der Waals surface area contributed by atoms with E-state index >= 15 is 0 Å². The molecule has 2 atom stereocenters. The first-order valence-corrected chi connectivity index (χ1v) is 8.12. The summed E-state index contributed by atoms with van der Waals surface area (Å²) in [5, 5.41) is 0. The number of fused-ring (bicyclic) bond motifs is 1. The van der Waals surface area contributed by atoms with Gasteiger partial charge in [0.15, 0.2) is 0 Å². The zero-order chi connectivity index (χ0) is 13.9. The van der Waals surface area contributed by atoms with Crippen molar-refractivity contribution in [3.63, 3.8) is 0 Å². The van der Waals surface area contributed by atoms with E-state index in [1.807, 2.05) is 0 Å². The molecule has 3 heteroatoms. The summed E-state index contributed by atoms with van der Waals surface area (Å²) in [7, 11) is 0. The summed E-state index contributed by atoms with van der Waals surface area (Å²) in [6.07, 6.45) is 5.03. The van der Waals surface area contributed by atoms with E-state index in [4.69, 9.17) is 5.73 Å². The van der Waals surface area contributed by atoms with Gasteiger partial charge in [0, 0.05) is 37.4 Å². The molecule has 1 aromatic carbocycles. The number of hydrogen-bond acceptors (Lipinski definition) is 3. The molecule has 0 spiro atoms. The first-order valence-electron chi connectivity index (χ1n) is 8.12. The molecule has 0 bridgehead atoms. The average Bonchev–Trinajstić information content (AvgIpc) is 2.83. The summed E-state index contributed by atoms with van der Waals surface area (Å²) >= 11 is 0. The zero-order valence-corrected chi connectivity index (χ0v) is 12.6. The Morgan fingerprint density at radius 1 is 1.15 bits per heavy atom. The van der Waals surface area contributed by atoms with Gasteiger partial charge in [0.2, 0.25) is 0 Å². The van der Waals surface area contributed by atoms with Crippen molar-refractivity contribution in [3.05, 3.63) is 29.8 Å². The maximum atomic E-state index is 6.10. The zero-order valence-electron chi connectivity index (χ0n) is 12.6. The van der Waals surface area contributed by atoms with Gasteiger partial charge < -0.3 is 10.6 Å². The molecule has 2 heterocycles. The maximum Gasteiger partial charge on any atom is 0.0366 e. The van der Waals surface area contributed by atoms with E-state index in [-0.39, 0.29) is 6.04 Å². The number of rotatable bonds is 3. The van der Waals surface area contributed by atoms with Gasteiger partial charge in [-0.25, -0.2) is 0 Å². The Morgan fingerprint density at radius 3 is 2.65 bits per heavy atom. The molecule has 0 aliphatic carbocycles. The van der Waals surface area contributed by atoms with Gasteiger partial charge in [-0.2, -0.15) is 0 Å². The lowest BCUT2D eigenvalue weighted by molar-refractivity contribution is 0.273. The monoisotopic (exact) mass is 273 g/mol. The van der Waals surface area contributed by atoms with Crippen molar-refractivity contribution >= 4 is 5.69 Å². The molecule has 2 aliphatic heterocycles. The summed E-state index contributed by atoms with van der Waals surface area (Å²) in [5.41, 5.74) is 8.72. The number of benzene rings is 1. The SMILES string of the molecule is CC[C@H](N)c1ccc(N2CCCN3CCCC3C2)cc1. The van der Waals surface area contributed by atoms with Crippen LogP contribution in [0.15, 0.2) is 24.3 Å². The van der Waals surface area contributed by atoms with Crippen LogP contribution in [-0.4, -0.2) is 37.1 Å². The van der Waals surface area contributed by atoms with Crippen molar-refractivity contribution in [2.75, 3.05) is 31.1 Å². The molecular formula is C17H27N3. The Hall–Kier alpha value is -1.06. The molecule has 0 radical (unpaired) electrons. The molecule has 1 unspecified atom stereocenters. The molecule has 2 fully saturated rings. The topological polar surface area (TPSA) is 32.5 Å². The third-order valence-electron chi connectivity index (χ3n) is 4.93. The van der Waals surface area contributed by atoms with Gasteiger partial charge in [-0.1, -0.05) is 19.1 Å². The Morgan fingerprint density at radius 2 is 1.90 bits per heavy atom. The van der Waals surface area contributed by atoms with Crippen LogP contribution in [0.1, 0.15) is 44.2 Å². The normalized spacial score (nSPS) is 25.3. The van der Waals surface area contributed by atoms with Crippen molar-refractivity contribution in [2.24, 2.45) is 5.73 Å². The molecule has 3 nitrogen and oxygen atoms in total. The van der Waals surface area contributed by atoms with Crippen LogP contribution in [0.5, 0.6) is 0 Å². The van der Waals surface area contributed by atoms with Crippen LogP contribution in [0.2, 0.25) is 0 Å². The lowest BCUT2D eigenvalue weighted by Gasteiger charge is -2.27. The molecule has 0 aromatic heterocycles. The minimum Gasteiger partial charge on any atom is -0.370 e. The summed E-state index contributed by atoms with van der Waals surface area (Å²) in [6.45, 7) is 7.11. The molecule has 3 rings (SSSR count). The molecule has 20 heavy (non-hydrogen) atoms. The summed E-state index contributed by atoms with van der Waals surface area (Å²) in [4.78, 5) is 5.25. The van der Waals surface area contributed by atoms with E-state index in [2.05, 4.69) is 41.0 Å². The Labute approximate surface area is 122 Å². The molecular weight excluding hydrogens is 246 g/mol. The molecule has 2 saturated heterocycles. The van der Waals surface area contributed by atoms with E-state index in [0.29, 0.717) is 0 Å². The van der Waals surface area contributed by atoms with Gasteiger partial charge >= 0.3 is 0 Å². The average molecular weight is 273 g/mol. The fraction of sp³-hybridized carbons (Fsp3) is 0.647. The van der Waals surface area contributed by atoms with Gasteiger partial charge in [-0.05, 0) is 49.9 Å². The van der Waals surface area contributed by atoms with Crippen molar-refractivity contribution in [1.29, 1.82) is 0 Å². The predicted octanol–water partition coefficient (Wildman–Crippen LogP) is 2.77. The Kier molecular flexibility index (Phi) is 4.27. The number of nitrogens with two attached hydrogens (primary N) is 1. The molecule has 0 amide bonds. The van der Waals surface area contributed by atoms with Gasteiger partial charge in [0.25, 0.3) is 0 Å². The molecule has 0 saturated carbocycles. The molecule has 2 N–H and O–H groups in total. The van der Waals surface area contributed by atoms with Crippen molar-refractivity contribution in [1.82, 2.24) is 4.90 Å². The highest BCUT2D eigenvalue weighted by molar-refractivity contribution is 5.48. The van der Waals surface area contributed by atoms with Crippen LogP contribution in [-0.2, 0) is 0 Å². The van der Waals surface area contributed by atoms with E-state index in [1.165, 1.54) is 56.7 Å². The predicted molar refractivity (Wildman–Crippen MR) is 85.1 cm³/mol. The smallest absolute Gasteiger partial charge is 0.0366 e. The number of nitrogens with zero attached hydrogens (tertiary/aromatic N) is 2. The van der Waals surface area contributed by atoms with E-state index in [1.54, 1.807) is 0 Å². The van der Waals surface area contributed by atoms with Crippen LogP contribution < -0.4 is 10.6 Å². The van der Waals surface area contributed by atoms with Crippen LogP contribution in [0, 0.1) is 0 Å². The Bertz CT molecular complexity index is 428. The quantitative estimate of drug-likeness (QED) is 0.919. The van der Waals surface area contributed by atoms with Crippen LogP contribution in [0.25, 0.3) is 0 Å². The largest absolute Gasteiger partial charge is 0.370 e. The van der Waals surface area contributed by atoms with E-state index < -0.39 is 0 Å². The maximum absolute atomic E-state index is 6.10. The first kappa shape index (κ1) is 13.9. The van der Waals surface area contributed by atoms with Gasteiger partial charge in [-0.15, -0.1) is 0 Å². The van der Waals surface area contributed by atoms with Crippen molar-refractivity contribution in [3.8, 4) is 0 Å². The Balaban J connectivity index is 1.71. The van der Waals surface area contributed by atoms with Crippen LogP contribution >= 0.6 is 0 Å². The number of hydrogen-bond donors (Lipinski definition) is 1. The van der Waals surface area contributed by atoms with Crippen LogP contribution in [0.3, 0.4) is 0 Å². The standard InChI is InChI=1S/C17H27N3/c1-2-17(18)14-6-8-15(9-7-14)20-12-4-11-19-10-3-5-16(19)13-20/h6-9,16-17H,2-5,10-13,18H2,1H3/t16?,17-/m0/s1. The molecule has 2 aliphatic rings. The third kappa shape index (κ3) is 2.84. The van der Waals surface area contributed by atoms with Gasteiger partial charge in [0.05, 0.1) is 0 Å². The second-order valence-corrected chi connectivity index (χ2v) is 6.24. The first-order chi connectivity index (χ1) is 9.78. The van der Waals surface area contributed by atoms with E-state index in [9.17, 15) is 0 Å². The van der Waals surface area contributed by atoms with E-state index in [0.717, 1.165) is 12.5 Å². The highest BCUT2D eigenvalue weighted by Crippen LogP contribution is 2.26. The van der Waals surface area contributed by atoms with Crippen LogP contribution in [0.4, 0.5) is 5.69 Å². The number of anilines is 1. The molecule has 110 valence electrons. The van der Waals surface area contributed by atoms with Gasteiger partial charge in [0.1, 0.15) is 0 Å². The highest BCUT2D eigenvalue weighted by atomic mass is 15.3. The van der Waals surface area contributed by atoms with Gasteiger partial charge in [-0.3, -0.25) is 4.90 Å². The third-order valence-corrected chi connectivity index (χ3v) is 4.93. The fourth-order valence-electron chi connectivity index (χ4n) is 3.61. The summed E-state index contributed by atoms with van der Waals surface area (Å²) in [6, 6.07) is 9.89. The fourth-order valence-corrected chi connectivity index (χ4v) is 3.61. The second-order valence-electron chi connectivity index (χ2n) is 6.24. The lowest BCUT2D eigenvalue weighted by Crippen LogP contribution is -2.36. The minimum absolute atomic E-state index is 0.179. The molecule has 1 aromatic rings. The highest BCUT2D eigenvalue weighted by Gasteiger charge is 2.28. The van der Waals surface area contributed by atoms with Crippen molar-refractivity contribution in [2.45, 2.75) is 44.7 Å². The summed E-state index contributed by atoms with van der Waals surface area (Å²) < 4.78 is 0.